The molecule has 0 spiro atoms. The van der Waals surface area contributed by atoms with Crippen LogP contribution in [0.2, 0.25) is 0 Å². The van der Waals surface area contributed by atoms with Crippen LogP contribution in [0.3, 0.4) is 0 Å². The second kappa shape index (κ2) is 8.61. The summed E-state index contributed by atoms with van der Waals surface area (Å²) in [6, 6.07) is 7.99. The lowest BCUT2D eigenvalue weighted by atomic mass is 9.98. The van der Waals surface area contributed by atoms with Crippen LogP contribution in [-0.4, -0.2) is 49.0 Å². The molecule has 3 rings (SSSR count). The number of nitrogens with one attached hydrogen (secondary N) is 1. The van der Waals surface area contributed by atoms with Crippen molar-refractivity contribution in [3.63, 3.8) is 0 Å². The summed E-state index contributed by atoms with van der Waals surface area (Å²) in [5, 5.41) is 2.53. The molecule has 0 aliphatic heterocycles. The average Bonchev–Trinajstić information content (AvgIpc) is 3.52. The average molecular weight is 396 g/mol. The van der Waals surface area contributed by atoms with E-state index >= 15 is 0 Å². The number of nitrogens with zero attached hydrogens (tertiary/aromatic N) is 2. The summed E-state index contributed by atoms with van der Waals surface area (Å²) < 4.78 is 1.42. The number of pyridine rings is 1. The number of benzene rings is 1. The van der Waals surface area contributed by atoms with Crippen molar-refractivity contribution in [3.05, 3.63) is 68.6 Å². The van der Waals surface area contributed by atoms with E-state index in [0.717, 1.165) is 31.4 Å². The van der Waals surface area contributed by atoms with Gasteiger partial charge in [-0.3, -0.25) is 14.4 Å². The summed E-state index contributed by atoms with van der Waals surface area (Å²) >= 11 is 0. The summed E-state index contributed by atoms with van der Waals surface area (Å²) in [7, 11) is 5.53. The van der Waals surface area contributed by atoms with Crippen molar-refractivity contribution < 1.29 is 9.59 Å². The molecule has 0 unspecified atom stereocenters. The zero-order chi connectivity index (χ0) is 21.1. The van der Waals surface area contributed by atoms with E-state index in [2.05, 4.69) is 16.3 Å². The van der Waals surface area contributed by atoms with Gasteiger partial charge in [-0.1, -0.05) is 24.3 Å². The molecule has 1 aromatic carbocycles. The van der Waals surface area contributed by atoms with Gasteiger partial charge in [0.05, 0.1) is 12.1 Å². The molecule has 2 aromatic rings. The molecule has 1 aliphatic rings. The molecule has 29 heavy (non-hydrogen) atoms. The van der Waals surface area contributed by atoms with Gasteiger partial charge in [-0.2, -0.15) is 0 Å². The molecule has 1 heterocycles. The molecular formula is C22H28N4O3. The van der Waals surface area contributed by atoms with Crippen LogP contribution in [0.15, 0.2) is 35.3 Å². The normalized spacial score (nSPS) is 13.5. The van der Waals surface area contributed by atoms with Gasteiger partial charge in [-0.05, 0) is 56.0 Å². The van der Waals surface area contributed by atoms with Crippen molar-refractivity contribution in [1.29, 1.82) is 0 Å². The quantitative estimate of drug-likeness (QED) is 0.704. The zero-order valence-corrected chi connectivity index (χ0v) is 17.2. The molecule has 0 atom stereocenters. The summed E-state index contributed by atoms with van der Waals surface area (Å²) in [4.78, 5) is 39.9. The SMILES string of the molecule is CNC(=O)c1c(C2CC2)c(C(N)=O)cn(Cc2cccc(CCN(C)C)c2)c1=O. The largest absolute Gasteiger partial charge is 0.366 e. The Morgan fingerprint density at radius 2 is 1.93 bits per heavy atom. The fourth-order valence-corrected chi connectivity index (χ4v) is 3.56. The fraction of sp³-hybridized carbons (Fsp3) is 0.409. The minimum Gasteiger partial charge on any atom is -0.366 e. The van der Waals surface area contributed by atoms with Gasteiger partial charge in [0.15, 0.2) is 0 Å². The fourth-order valence-electron chi connectivity index (χ4n) is 3.56. The Labute approximate surface area is 170 Å². The van der Waals surface area contributed by atoms with Gasteiger partial charge >= 0.3 is 0 Å². The van der Waals surface area contributed by atoms with Gasteiger partial charge in [-0.25, -0.2) is 0 Å². The van der Waals surface area contributed by atoms with Crippen molar-refractivity contribution in [2.45, 2.75) is 31.7 Å². The number of amides is 2. The highest BCUT2D eigenvalue weighted by Crippen LogP contribution is 2.42. The number of carbonyl (C=O) groups excluding carboxylic acids is 2. The summed E-state index contributed by atoms with van der Waals surface area (Å²) in [6.07, 6.45) is 4.10. The van der Waals surface area contributed by atoms with Crippen molar-refractivity contribution in [2.24, 2.45) is 5.73 Å². The van der Waals surface area contributed by atoms with Crippen molar-refractivity contribution in [1.82, 2.24) is 14.8 Å². The minimum absolute atomic E-state index is 0.0371. The van der Waals surface area contributed by atoms with E-state index in [1.165, 1.54) is 23.4 Å². The summed E-state index contributed by atoms with van der Waals surface area (Å²) in [5.41, 5.74) is 8.10. The van der Waals surface area contributed by atoms with Gasteiger partial charge in [0.25, 0.3) is 17.4 Å². The highest BCUT2D eigenvalue weighted by atomic mass is 16.2. The molecule has 1 aromatic heterocycles. The van der Waals surface area contributed by atoms with Crippen molar-refractivity contribution >= 4 is 11.8 Å². The molecule has 1 fully saturated rings. The Hall–Kier alpha value is -2.93. The van der Waals surface area contributed by atoms with E-state index in [0.29, 0.717) is 5.56 Å². The number of hydrogen-bond donors (Lipinski definition) is 2. The van der Waals surface area contributed by atoms with E-state index in [9.17, 15) is 14.4 Å². The summed E-state index contributed by atoms with van der Waals surface area (Å²) in [5.74, 6) is -1.06. The van der Waals surface area contributed by atoms with Crippen LogP contribution in [0.4, 0.5) is 0 Å². The Bertz CT molecular complexity index is 990. The van der Waals surface area contributed by atoms with Gasteiger partial charge in [0, 0.05) is 19.8 Å². The van der Waals surface area contributed by atoms with Gasteiger partial charge in [0.2, 0.25) is 0 Å². The van der Waals surface area contributed by atoms with E-state index in [1.54, 1.807) is 0 Å². The third-order valence-electron chi connectivity index (χ3n) is 5.22. The molecule has 7 heteroatoms. The Morgan fingerprint density at radius 1 is 1.24 bits per heavy atom. The first kappa shape index (κ1) is 20.8. The van der Waals surface area contributed by atoms with Crippen LogP contribution in [0.5, 0.6) is 0 Å². The third-order valence-corrected chi connectivity index (χ3v) is 5.22. The highest BCUT2D eigenvalue weighted by Gasteiger charge is 2.34. The van der Waals surface area contributed by atoms with E-state index in [1.807, 2.05) is 32.3 Å². The number of aromatic nitrogens is 1. The lowest BCUT2D eigenvalue weighted by Gasteiger charge is -2.16. The van der Waals surface area contributed by atoms with E-state index < -0.39 is 17.4 Å². The first-order chi connectivity index (χ1) is 13.8. The predicted octanol–water partition coefficient (Wildman–Crippen LogP) is 1.34. The molecule has 0 radical (unpaired) electrons. The predicted molar refractivity (Wildman–Crippen MR) is 112 cm³/mol. The van der Waals surface area contributed by atoms with Crippen LogP contribution < -0.4 is 16.6 Å². The Morgan fingerprint density at radius 3 is 2.52 bits per heavy atom. The maximum Gasteiger partial charge on any atom is 0.264 e. The third kappa shape index (κ3) is 4.74. The number of primary amides is 1. The molecule has 154 valence electrons. The van der Waals surface area contributed by atoms with Gasteiger partial charge < -0.3 is 20.5 Å². The van der Waals surface area contributed by atoms with Crippen LogP contribution in [0, 0.1) is 0 Å². The minimum atomic E-state index is -0.620. The molecule has 2 amide bonds. The molecule has 1 aliphatic carbocycles. The van der Waals surface area contributed by atoms with Crippen LogP contribution in [0.25, 0.3) is 0 Å². The van der Waals surface area contributed by atoms with Crippen LogP contribution >= 0.6 is 0 Å². The lowest BCUT2D eigenvalue weighted by Crippen LogP contribution is -2.35. The van der Waals surface area contributed by atoms with Gasteiger partial charge in [0.1, 0.15) is 5.56 Å². The second-order valence-corrected chi connectivity index (χ2v) is 7.86. The molecule has 1 saturated carbocycles. The van der Waals surface area contributed by atoms with Crippen molar-refractivity contribution in [2.75, 3.05) is 27.7 Å². The van der Waals surface area contributed by atoms with Crippen LogP contribution in [0.1, 0.15) is 56.2 Å². The molecule has 0 saturated heterocycles. The Kier molecular flexibility index (Phi) is 6.17. The first-order valence-electron chi connectivity index (χ1n) is 9.83. The number of rotatable bonds is 8. The smallest absolute Gasteiger partial charge is 0.264 e. The second-order valence-electron chi connectivity index (χ2n) is 7.86. The molecule has 7 nitrogen and oxygen atoms in total. The molecule has 0 bridgehead atoms. The number of carbonyl (C=O) groups is 2. The number of hydrogen-bond acceptors (Lipinski definition) is 4. The van der Waals surface area contributed by atoms with Crippen LogP contribution in [-0.2, 0) is 13.0 Å². The molecule has 3 N–H and O–H groups in total. The molecular weight excluding hydrogens is 368 g/mol. The standard InChI is InChI=1S/C22H28N4O3/c1-24-21(28)19-18(16-7-8-16)17(20(23)27)13-26(22(19)29)12-15-6-4-5-14(11-15)9-10-25(2)3/h4-6,11,13,16H,7-10,12H2,1-3H3,(H2,23,27)(H,24,28). The highest BCUT2D eigenvalue weighted by molar-refractivity contribution is 6.01. The maximum atomic E-state index is 13.1. The lowest BCUT2D eigenvalue weighted by molar-refractivity contribution is 0.0960. The topological polar surface area (TPSA) is 97.4 Å². The number of likely N-dealkylation sites (N-methyl/N-ethyl adjacent to an activating group) is 1. The zero-order valence-electron chi connectivity index (χ0n) is 17.2. The first-order valence-corrected chi connectivity index (χ1v) is 9.83. The van der Waals surface area contributed by atoms with Crippen molar-refractivity contribution in [3.8, 4) is 0 Å². The van der Waals surface area contributed by atoms with E-state index in [4.69, 9.17) is 5.73 Å². The van der Waals surface area contributed by atoms with E-state index in [-0.39, 0.29) is 23.6 Å². The Balaban J connectivity index is 2.03. The monoisotopic (exact) mass is 396 g/mol. The maximum absolute atomic E-state index is 13.1. The number of nitrogens with two attached hydrogens (primary N) is 1. The summed E-state index contributed by atoms with van der Waals surface area (Å²) in [6.45, 7) is 1.19. The van der Waals surface area contributed by atoms with Gasteiger partial charge in [-0.15, -0.1) is 0 Å².